The van der Waals surface area contributed by atoms with E-state index in [1.54, 1.807) is 12.3 Å². The molecule has 0 radical (unpaired) electrons. The zero-order valence-corrected chi connectivity index (χ0v) is 12.8. The predicted octanol–water partition coefficient (Wildman–Crippen LogP) is 1.81. The van der Waals surface area contributed by atoms with Gasteiger partial charge in [0.05, 0.1) is 22.5 Å². The zero-order chi connectivity index (χ0) is 15.5. The van der Waals surface area contributed by atoms with Crippen molar-refractivity contribution in [1.82, 2.24) is 4.72 Å². The summed E-state index contributed by atoms with van der Waals surface area (Å²) in [4.78, 5) is 0.145. The fourth-order valence-corrected chi connectivity index (χ4v) is 2.77. The van der Waals surface area contributed by atoms with Crippen LogP contribution in [0.1, 0.15) is 12.7 Å². The number of hydrogen-bond donors (Lipinski definition) is 3. The summed E-state index contributed by atoms with van der Waals surface area (Å²) >= 11 is 0. The number of furan rings is 1. The maximum atomic E-state index is 11.7. The average Bonchev–Trinajstić information content (AvgIpc) is 2.93. The normalized spacial score (nSPS) is 13.0. The molecule has 7 heteroatoms. The van der Waals surface area contributed by atoms with Gasteiger partial charge in [0.2, 0.25) is 10.0 Å². The van der Waals surface area contributed by atoms with E-state index in [9.17, 15) is 8.42 Å². The minimum absolute atomic E-state index is 0.102. The Morgan fingerprint density at radius 2 is 2.10 bits per heavy atom. The molecule has 21 heavy (non-hydrogen) atoms. The zero-order valence-electron chi connectivity index (χ0n) is 12.0. The smallest absolute Gasteiger partial charge is 0.240 e. The van der Waals surface area contributed by atoms with E-state index in [1.807, 2.05) is 19.1 Å². The summed E-state index contributed by atoms with van der Waals surface area (Å²) in [5.41, 5.74) is 7.00. The molecule has 1 aromatic carbocycles. The summed E-state index contributed by atoms with van der Waals surface area (Å²) < 4.78 is 30.9. The van der Waals surface area contributed by atoms with Gasteiger partial charge in [-0.05, 0) is 44.3 Å². The van der Waals surface area contributed by atoms with Crippen LogP contribution in [0.2, 0.25) is 0 Å². The molecule has 2 rings (SSSR count). The summed E-state index contributed by atoms with van der Waals surface area (Å²) in [6.45, 7) is 2.00. The van der Waals surface area contributed by atoms with Crippen LogP contribution in [0.25, 0.3) is 0 Å². The molecular formula is C14H19N3O3S. The highest BCUT2D eigenvalue weighted by Gasteiger charge is 2.14. The maximum Gasteiger partial charge on any atom is 0.240 e. The summed E-state index contributed by atoms with van der Waals surface area (Å²) in [7, 11) is -2.12. The van der Waals surface area contributed by atoms with Gasteiger partial charge >= 0.3 is 0 Å². The fourth-order valence-electron chi connectivity index (χ4n) is 2.00. The van der Waals surface area contributed by atoms with Gasteiger partial charge in [-0.25, -0.2) is 13.1 Å². The molecule has 0 amide bonds. The van der Waals surface area contributed by atoms with Crippen LogP contribution in [-0.4, -0.2) is 21.5 Å². The highest BCUT2D eigenvalue weighted by molar-refractivity contribution is 7.89. The molecule has 114 valence electrons. The second kappa shape index (κ2) is 6.19. The van der Waals surface area contributed by atoms with Crippen LogP contribution in [-0.2, 0) is 16.4 Å². The summed E-state index contributed by atoms with van der Waals surface area (Å²) in [5, 5.41) is 3.24. The molecular weight excluding hydrogens is 290 g/mol. The van der Waals surface area contributed by atoms with Crippen molar-refractivity contribution in [3.63, 3.8) is 0 Å². The van der Waals surface area contributed by atoms with Crippen molar-refractivity contribution in [2.24, 2.45) is 0 Å². The quantitative estimate of drug-likeness (QED) is 0.707. The van der Waals surface area contributed by atoms with Crippen molar-refractivity contribution in [2.75, 3.05) is 18.1 Å². The fraction of sp³-hybridized carbons (Fsp3) is 0.286. The van der Waals surface area contributed by atoms with E-state index in [2.05, 4.69) is 10.0 Å². The van der Waals surface area contributed by atoms with E-state index in [0.29, 0.717) is 17.8 Å². The molecule has 1 unspecified atom stereocenters. The molecule has 0 saturated heterocycles. The Bertz CT molecular complexity index is 696. The van der Waals surface area contributed by atoms with E-state index in [4.69, 9.17) is 10.2 Å². The van der Waals surface area contributed by atoms with Gasteiger partial charge in [0, 0.05) is 12.5 Å². The van der Waals surface area contributed by atoms with Crippen LogP contribution in [0.4, 0.5) is 11.4 Å². The minimum atomic E-state index is -3.48. The number of hydrogen-bond acceptors (Lipinski definition) is 5. The number of sulfonamides is 1. The Hall–Kier alpha value is -1.99. The standard InChI is InChI=1S/C14H19N3O3S/c1-10(8-11-4-3-7-20-11)17-14-6-5-12(9-13(14)15)21(18,19)16-2/h3-7,9-10,16-17H,8,15H2,1-2H3. The molecule has 0 fully saturated rings. The molecule has 1 atom stereocenters. The molecule has 0 spiro atoms. The van der Waals surface area contributed by atoms with Gasteiger partial charge in [-0.2, -0.15) is 0 Å². The minimum Gasteiger partial charge on any atom is -0.469 e. The monoisotopic (exact) mass is 309 g/mol. The molecule has 1 heterocycles. The molecule has 4 N–H and O–H groups in total. The van der Waals surface area contributed by atoms with E-state index >= 15 is 0 Å². The highest BCUT2D eigenvalue weighted by atomic mass is 32.2. The van der Waals surface area contributed by atoms with Gasteiger partial charge in [0.25, 0.3) is 0 Å². The molecule has 2 aromatic rings. The van der Waals surface area contributed by atoms with Gasteiger partial charge in [0.15, 0.2) is 0 Å². The van der Waals surface area contributed by atoms with Crippen LogP contribution < -0.4 is 15.8 Å². The number of nitrogens with two attached hydrogens (primary N) is 1. The number of nitrogen functional groups attached to an aromatic ring is 1. The predicted molar refractivity (Wildman–Crippen MR) is 82.6 cm³/mol. The number of nitrogens with one attached hydrogen (secondary N) is 2. The van der Waals surface area contributed by atoms with Gasteiger partial charge in [0.1, 0.15) is 5.76 Å². The van der Waals surface area contributed by atoms with Crippen LogP contribution in [0.3, 0.4) is 0 Å². The lowest BCUT2D eigenvalue weighted by atomic mass is 10.1. The third-order valence-electron chi connectivity index (χ3n) is 3.09. The molecule has 1 aromatic heterocycles. The van der Waals surface area contributed by atoms with Crippen LogP contribution in [0, 0.1) is 0 Å². The van der Waals surface area contributed by atoms with Crippen molar-refractivity contribution in [3.05, 3.63) is 42.4 Å². The number of anilines is 2. The summed E-state index contributed by atoms with van der Waals surface area (Å²) in [5.74, 6) is 0.878. The van der Waals surface area contributed by atoms with Gasteiger partial charge in [-0.15, -0.1) is 0 Å². The van der Waals surface area contributed by atoms with Gasteiger partial charge < -0.3 is 15.5 Å². The lowest BCUT2D eigenvalue weighted by molar-refractivity contribution is 0.498. The Balaban J connectivity index is 2.11. The Labute approximate surface area is 124 Å². The van der Waals surface area contributed by atoms with E-state index in [-0.39, 0.29) is 10.9 Å². The SMILES string of the molecule is CNS(=O)(=O)c1ccc(NC(C)Cc2ccco2)c(N)c1. The number of benzene rings is 1. The van der Waals surface area contributed by atoms with Crippen LogP contribution >= 0.6 is 0 Å². The van der Waals surface area contributed by atoms with E-state index in [0.717, 1.165) is 5.76 Å². The van der Waals surface area contributed by atoms with Crippen molar-refractivity contribution in [3.8, 4) is 0 Å². The molecule has 0 aliphatic carbocycles. The third kappa shape index (κ3) is 3.77. The van der Waals surface area contributed by atoms with Crippen molar-refractivity contribution in [2.45, 2.75) is 24.3 Å². The Kier molecular flexibility index (Phi) is 4.54. The second-order valence-corrected chi connectivity index (χ2v) is 6.67. The van der Waals surface area contributed by atoms with E-state index in [1.165, 1.54) is 19.2 Å². The van der Waals surface area contributed by atoms with Gasteiger partial charge in [-0.3, -0.25) is 0 Å². The van der Waals surface area contributed by atoms with Crippen molar-refractivity contribution < 1.29 is 12.8 Å². The molecule has 0 aliphatic heterocycles. The highest BCUT2D eigenvalue weighted by Crippen LogP contribution is 2.23. The second-order valence-electron chi connectivity index (χ2n) is 4.79. The first-order chi connectivity index (χ1) is 9.92. The maximum absolute atomic E-state index is 11.7. The van der Waals surface area contributed by atoms with E-state index < -0.39 is 10.0 Å². The Morgan fingerprint density at radius 3 is 2.67 bits per heavy atom. The van der Waals surface area contributed by atoms with Crippen LogP contribution in [0.5, 0.6) is 0 Å². The molecule has 0 aliphatic rings. The van der Waals surface area contributed by atoms with Crippen LogP contribution in [0.15, 0.2) is 45.9 Å². The Morgan fingerprint density at radius 1 is 1.33 bits per heavy atom. The molecule has 0 bridgehead atoms. The average molecular weight is 309 g/mol. The number of rotatable bonds is 6. The topological polar surface area (TPSA) is 97.4 Å². The first-order valence-electron chi connectivity index (χ1n) is 6.54. The first-order valence-corrected chi connectivity index (χ1v) is 8.02. The first kappa shape index (κ1) is 15.4. The summed E-state index contributed by atoms with van der Waals surface area (Å²) in [6, 6.07) is 8.47. The molecule has 6 nitrogen and oxygen atoms in total. The van der Waals surface area contributed by atoms with Gasteiger partial charge in [-0.1, -0.05) is 0 Å². The lowest BCUT2D eigenvalue weighted by Crippen LogP contribution is -2.20. The van der Waals surface area contributed by atoms with Crippen molar-refractivity contribution in [1.29, 1.82) is 0 Å². The largest absolute Gasteiger partial charge is 0.469 e. The summed E-state index contributed by atoms with van der Waals surface area (Å²) in [6.07, 6.45) is 2.34. The third-order valence-corrected chi connectivity index (χ3v) is 4.50. The lowest BCUT2D eigenvalue weighted by Gasteiger charge is -2.16. The van der Waals surface area contributed by atoms with Crippen molar-refractivity contribution >= 4 is 21.4 Å². The molecule has 0 saturated carbocycles.